The third kappa shape index (κ3) is 1.98. The van der Waals surface area contributed by atoms with Gasteiger partial charge in [0.15, 0.2) is 11.9 Å². The Kier molecular flexibility index (Phi) is 3.53. The van der Waals surface area contributed by atoms with Crippen molar-refractivity contribution in [3.63, 3.8) is 0 Å². The number of Topliss-reactive ketones (excluding diaryl/α,β-unsaturated/α-hetero) is 1. The Hall–Kier alpha value is -1.95. The van der Waals surface area contributed by atoms with Gasteiger partial charge in [-0.05, 0) is 6.07 Å². The number of nitrogens with zero attached hydrogens (tertiary/aromatic N) is 1. The van der Waals surface area contributed by atoms with E-state index < -0.39 is 12.1 Å². The van der Waals surface area contributed by atoms with Gasteiger partial charge in [-0.25, -0.2) is 4.79 Å². The highest BCUT2D eigenvalue weighted by Gasteiger charge is 2.33. The van der Waals surface area contributed by atoms with Crippen LogP contribution in [0.5, 0.6) is 0 Å². The number of carbonyl (C=O) groups excluding carboxylic acids is 2. The molecule has 6 heteroatoms. The molecule has 3 rings (SSSR count). The second-order valence-corrected chi connectivity index (χ2v) is 4.10. The molecule has 1 aromatic heterocycles. The molecule has 0 fully saturated rings. The molecule has 0 radical (unpaired) electrons. The van der Waals surface area contributed by atoms with Gasteiger partial charge in [-0.1, -0.05) is 13.8 Å². The Morgan fingerprint density at radius 3 is 2.68 bits per heavy atom. The number of aliphatic hydroxyl groups excluding tert-OH is 1. The first-order chi connectivity index (χ1) is 9.09. The molecule has 0 aromatic carbocycles. The molecule has 1 atom stereocenters. The van der Waals surface area contributed by atoms with Crippen LogP contribution >= 0.6 is 0 Å². The number of hydrogen-bond acceptors (Lipinski definition) is 5. The third-order valence-electron chi connectivity index (χ3n) is 3.16. The maximum Gasteiger partial charge on any atom is 0.340 e. The Bertz CT molecular complexity index is 602. The largest absolute Gasteiger partial charge is 0.458 e. The van der Waals surface area contributed by atoms with E-state index in [2.05, 4.69) is 0 Å². The molecule has 2 aliphatic heterocycles. The topological polar surface area (TPSA) is 85.6 Å². The monoisotopic (exact) mass is 265 g/mol. The lowest BCUT2D eigenvalue weighted by Gasteiger charge is -2.21. The van der Waals surface area contributed by atoms with Crippen LogP contribution in [0, 0.1) is 0 Å². The van der Waals surface area contributed by atoms with Crippen LogP contribution in [0.1, 0.15) is 48.0 Å². The van der Waals surface area contributed by atoms with Crippen molar-refractivity contribution < 1.29 is 19.4 Å². The molecule has 3 heterocycles. The molecule has 0 saturated carbocycles. The SMILES string of the molecule is CC.O=C1CCn2c1cc1c(c2=O)COC(=O)C1O. The number of ether oxygens (including phenoxy) is 1. The number of rotatable bonds is 0. The van der Waals surface area contributed by atoms with Gasteiger partial charge >= 0.3 is 5.97 Å². The van der Waals surface area contributed by atoms with E-state index in [1.807, 2.05) is 13.8 Å². The van der Waals surface area contributed by atoms with Crippen LogP contribution in [0.25, 0.3) is 0 Å². The summed E-state index contributed by atoms with van der Waals surface area (Å²) in [5.74, 6) is -0.927. The first kappa shape index (κ1) is 13.5. The summed E-state index contributed by atoms with van der Waals surface area (Å²) in [4.78, 5) is 34.7. The first-order valence-corrected chi connectivity index (χ1v) is 6.24. The van der Waals surface area contributed by atoms with Crippen molar-refractivity contribution in [3.8, 4) is 0 Å². The van der Waals surface area contributed by atoms with Gasteiger partial charge in [0, 0.05) is 18.5 Å². The Morgan fingerprint density at radius 1 is 1.32 bits per heavy atom. The van der Waals surface area contributed by atoms with Crippen LogP contribution in [-0.4, -0.2) is 21.4 Å². The number of aromatic nitrogens is 1. The highest BCUT2D eigenvalue weighted by molar-refractivity contribution is 5.96. The van der Waals surface area contributed by atoms with E-state index in [4.69, 9.17) is 4.74 Å². The second kappa shape index (κ2) is 4.97. The second-order valence-electron chi connectivity index (χ2n) is 4.10. The van der Waals surface area contributed by atoms with Gasteiger partial charge in [0.05, 0.1) is 11.3 Å². The maximum absolute atomic E-state index is 12.0. The average molecular weight is 265 g/mol. The Labute approximate surface area is 109 Å². The van der Waals surface area contributed by atoms with Crippen LogP contribution < -0.4 is 5.56 Å². The van der Waals surface area contributed by atoms with E-state index in [0.29, 0.717) is 6.54 Å². The molecule has 0 spiro atoms. The van der Waals surface area contributed by atoms with E-state index in [9.17, 15) is 19.5 Å². The third-order valence-corrected chi connectivity index (χ3v) is 3.16. The van der Waals surface area contributed by atoms with Gasteiger partial charge in [0.1, 0.15) is 6.61 Å². The molecule has 1 aromatic rings. The predicted octanol–water partition coefficient (Wildman–Crippen LogP) is 0.551. The van der Waals surface area contributed by atoms with Crippen molar-refractivity contribution in [1.82, 2.24) is 4.57 Å². The molecule has 1 N–H and O–H groups in total. The van der Waals surface area contributed by atoms with Gasteiger partial charge in [-0.2, -0.15) is 0 Å². The van der Waals surface area contributed by atoms with Crippen LogP contribution in [0.15, 0.2) is 10.9 Å². The lowest BCUT2D eigenvalue weighted by molar-refractivity contribution is -0.157. The average Bonchev–Trinajstić information content (AvgIpc) is 2.79. The van der Waals surface area contributed by atoms with Crippen molar-refractivity contribution in [3.05, 3.63) is 33.2 Å². The minimum Gasteiger partial charge on any atom is -0.458 e. The molecule has 2 aliphatic rings. The van der Waals surface area contributed by atoms with Crippen LogP contribution in [0.4, 0.5) is 0 Å². The summed E-state index contributed by atoms with van der Waals surface area (Å²) >= 11 is 0. The highest BCUT2D eigenvalue weighted by atomic mass is 16.5. The summed E-state index contributed by atoms with van der Waals surface area (Å²) in [7, 11) is 0. The van der Waals surface area contributed by atoms with E-state index >= 15 is 0 Å². The summed E-state index contributed by atoms with van der Waals surface area (Å²) in [5.41, 5.74) is 0.376. The van der Waals surface area contributed by atoms with Gasteiger partial charge in [0.2, 0.25) is 0 Å². The molecule has 0 aliphatic carbocycles. The summed E-state index contributed by atoms with van der Waals surface area (Å²) in [6, 6.07) is 1.43. The van der Waals surface area contributed by atoms with Crippen LogP contribution in [-0.2, 0) is 22.7 Å². The van der Waals surface area contributed by atoms with Crippen LogP contribution in [0.3, 0.4) is 0 Å². The highest BCUT2D eigenvalue weighted by Crippen LogP contribution is 2.26. The number of carbonyl (C=O) groups is 2. The van der Waals surface area contributed by atoms with Gasteiger partial charge in [0.25, 0.3) is 5.56 Å². The Balaban J connectivity index is 0.000000637. The fraction of sp³-hybridized carbons (Fsp3) is 0.462. The number of aliphatic hydroxyl groups is 1. The lowest BCUT2D eigenvalue weighted by Crippen LogP contribution is -2.33. The summed E-state index contributed by atoms with van der Waals surface area (Å²) in [6.07, 6.45) is -1.19. The smallest absolute Gasteiger partial charge is 0.340 e. The van der Waals surface area contributed by atoms with E-state index in [-0.39, 0.29) is 41.2 Å². The van der Waals surface area contributed by atoms with E-state index in [0.717, 1.165) is 0 Å². The number of ketones is 1. The summed E-state index contributed by atoms with van der Waals surface area (Å²) in [5, 5.41) is 9.64. The van der Waals surface area contributed by atoms with E-state index in [1.54, 1.807) is 0 Å². The molecule has 102 valence electrons. The molecular formula is C13H15NO5. The standard InChI is InChI=1S/C11H9NO5.C2H6/c13-8-1-2-12-7(8)3-5-6(10(12)15)4-17-11(16)9(5)14;1-2/h3,9,14H,1-2,4H2;1-2H3. The maximum atomic E-state index is 12.0. The van der Waals surface area contributed by atoms with Gasteiger partial charge in [-0.3, -0.25) is 9.59 Å². The van der Waals surface area contributed by atoms with E-state index in [1.165, 1.54) is 10.6 Å². The van der Waals surface area contributed by atoms with Crippen LogP contribution in [0.2, 0.25) is 0 Å². The molecule has 1 unspecified atom stereocenters. The molecule has 19 heavy (non-hydrogen) atoms. The zero-order valence-electron chi connectivity index (χ0n) is 10.8. The molecule has 0 amide bonds. The molecule has 0 bridgehead atoms. The summed E-state index contributed by atoms with van der Waals surface area (Å²) in [6.45, 7) is 4.21. The predicted molar refractivity (Wildman–Crippen MR) is 65.8 cm³/mol. The zero-order chi connectivity index (χ0) is 14.2. The zero-order valence-corrected chi connectivity index (χ0v) is 10.8. The van der Waals surface area contributed by atoms with Crippen molar-refractivity contribution in [2.24, 2.45) is 0 Å². The number of hydrogen-bond donors (Lipinski definition) is 1. The number of cyclic esters (lactones) is 1. The summed E-state index contributed by atoms with van der Waals surface area (Å²) < 4.78 is 6.06. The molecule has 6 nitrogen and oxygen atoms in total. The molecular weight excluding hydrogens is 250 g/mol. The van der Waals surface area contributed by atoms with Crippen molar-refractivity contribution in [2.75, 3.05) is 0 Å². The Morgan fingerprint density at radius 2 is 2.00 bits per heavy atom. The van der Waals surface area contributed by atoms with Crippen molar-refractivity contribution in [2.45, 2.75) is 39.5 Å². The van der Waals surface area contributed by atoms with Gasteiger partial charge in [-0.15, -0.1) is 0 Å². The lowest BCUT2D eigenvalue weighted by atomic mass is 10.0. The fourth-order valence-corrected chi connectivity index (χ4v) is 2.24. The normalized spacial score (nSPS) is 20.1. The first-order valence-electron chi connectivity index (χ1n) is 6.24. The number of pyridine rings is 1. The van der Waals surface area contributed by atoms with Crippen molar-refractivity contribution >= 4 is 11.8 Å². The minimum atomic E-state index is -1.47. The quantitative estimate of drug-likeness (QED) is 0.692. The fourth-order valence-electron chi connectivity index (χ4n) is 2.24. The molecule has 0 saturated heterocycles. The number of fused-ring (bicyclic) bond motifs is 2. The number of esters is 1. The minimum absolute atomic E-state index is 0.140. The van der Waals surface area contributed by atoms with Crippen molar-refractivity contribution in [1.29, 1.82) is 0 Å². The van der Waals surface area contributed by atoms with Gasteiger partial charge < -0.3 is 14.4 Å².